The van der Waals surface area contributed by atoms with Crippen LogP contribution in [0.25, 0.3) is 76.2 Å². The number of fused-ring (bicyclic) bond motifs is 9. The van der Waals surface area contributed by atoms with Gasteiger partial charge in [0, 0.05) is 28.1 Å². The van der Waals surface area contributed by atoms with E-state index in [2.05, 4.69) is 206 Å². The van der Waals surface area contributed by atoms with E-state index in [0.29, 0.717) is 0 Å². The molecule has 1 aromatic heterocycles. The lowest BCUT2D eigenvalue weighted by atomic mass is 9.93. The number of hydrogen-bond acceptors (Lipinski definition) is 3. The fraction of sp³-hybridized carbons (Fsp3) is 0.0189. The number of hydrogen-bond donors (Lipinski definition) is 0. The Morgan fingerprint density at radius 3 is 1.43 bits per heavy atom. The summed E-state index contributed by atoms with van der Waals surface area (Å²) in [4.78, 5) is 0. The summed E-state index contributed by atoms with van der Waals surface area (Å²) < 4.78 is 21.1. The summed E-state index contributed by atoms with van der Waals surface area (Å²) in [7, 11) is -2.82. The molecule has 0 saturated carbocycles. The van der Waals surface area contributed by atoms with Gasteiger partial charge in [0.1, 0.15) is 16.9 Å². The van der Waals surface area contributed by atoms with Crippen molar-refractivity contribution in [2.24, 2.45) is 0 Å². The molecule has 0 amide bonds. The van der Waals surface area contributed by atoms with Crippen LogP contribution >= 0.6 is 16.2 Å². The Morgan fingerprint density at radius 2 is 0.845 bits per heavy atom. The van der Waals surface area contributed by atoms with Crippen molar-refractivity contribution < 1.29 is 12.9 Å². The largest absolute Gasteiger partial charge is 0.453 e. The molecule has 58 heavy (non-hydrogen) atoms. The molecule has 10 aromatic carbocycles. The highest BCUT2D eigenvalue weighted by molar-refractivity contribution is 7.72. The van der Waals surface area contributed by atoms with Crippen molar-refractivity contribution >= 4 is 91.8 Å². The van der Waals surface area contributed by atoms with Gasteiger partial charge in [-0.2, -0.15) is 0 Å². The van der Waals surface area contributed by atoms with Crippen molar-refractivity contribution in [3.63, 3.8) is 0 Å². The highest BCUT2D eigenvalue weighted by atomic mass is 31.1. The van der Waals surface area contributed by atoms with Gasteiger partial charge in [-0.1, -0.05) is 188 Å². The smallest absolute Gasteiger partial charge is 0.390 e. The Morgan fingerprint density at radius 1 is 0.397 bits per heavy atom. The lowest BCUT2D eigenvalue weighted by Crippen LogP contribution is -2.16. The normalized spacial score (nSPS) is 12.1. The quantitative estimate of drug-likeness (QED) is 0.151. The number of benzene rings is 10. The molecule has 3 nitrogen and oxygen atoms in total. The molecule has 1 atom stereocenters. The lowest BCUT2D eigenvalue weighted by molar-refractivity contribution is 0.500. The van der Waals surface area contributed by atoms with E-state index < -0.39 is 16.2 Å². The molecule has 1 heterocycles. The van der Waals surface area contributed by atoms with E-state index in [0.717, 1.165) is 71.7 Å². The maximum absolute atomic E-state index is 7.20. The second-order valence-corrected chi connectivity index (χ2v) is 17.7. The minimum absolute atomic E-state index is 0.719. The molecule has 0 N–H and O–H groups in total. The SMILES string of the molecule is c1ccc(CP(c2ccccc2)c2ccc3ccccc3c2-c2c(Op3oc4ccc5ccccc5c4c4c(ccc5ccccc54)o3)ccc3ccccc23)cc1. The van der Waals surface area contributed by atoms with Gasteiger partial charge in [-0.3, -0.25) is 0 Å². The van der Waals surface area contributed by atoms with Gasteiger partial charge in [0.05, 0.1) is 0 Å². The van der Waals surface area contributed by atoms with E-state index in [4.69, 9.17) is 12.9 Å². The first kappa shape index (κ1) is 34.6. The van der Waals surface area contributed by atoms with Crippen LogP contribution in [0.5, 0.6) is 5.75 Å². The molecule has 0 spiro atoms. The van der Waals surface area contributed by atoms with E-state index in [1.807, 2.05) is 0 Å². The molecule has 11 aromatic rings. The lowest BCUT2D eigenvalue weighted by Gasteiger charge is -2.25. The molecule has 0 saturated heterocycles. The fourth-order valence-electron chi connectivity index (χ4n) is 8.49. The molecular weight excluding hydrogens is 747 g/mol. The summed E-state index contributed by atoms with van der Waals surface area (Å²) >= 11 is 0. The average molecular weight is 783 g/mol. The molecule has 0 bridgehead atoms. The Kier molecular flexibility index (Phi) is 8.77. The molecule has 0 aliphatic carbocycles. The summed E-state index contributed by atoms with van der Waals surface area (Å²) in [5.41, 5.74) is 5.01. The maximum atomic E-state index is 7.20. The van der Waals surface area contributed by atoms with Gasteiger partial charge in [0.25, 0.3) is 0 Å². The highest BCUT2D eigenvalue weighted by Gasteiger charge is 2.25. The molecule has 0 fully saturated rings. The maximum Gasteiger partial charge on any atom is 0.453 e. The third kappa shape index (κ3) is 6.12. The van der Waals surface area contributed by atoms with Gasteiger partial charge in [-0.25, -0.2) is 0 Å². The van der Waals surface area contributed by atoms with Gasteiger partial charge < -0.3 is 12.9 Å². The van der Waals surface area contributed by atoms with E-state index >= 15 is 0 Å². The zero-order valence-corrected chi connectivity index (χ0v) is 33.2. The van der Waals surface area contributed by atoms with Crippen molar-refractivity contribution in [2.45, 2.75) is 6.16 Å². The average Bonchev–Trinajstić information content (AvgIpc) is 3.45. The third-order valence-corrected chi connectivity index (χ3v) is 14.7. The monoisotopic (exact) mass is 782 g/mol. The van der Waals surface area contributed by atoms with Crippen LogP contribution in [0.2, 0.25) is 0 Å². The van der Waals surface area contributed by atoms with Crippen LogP contribution in [0.3, 0.4) is 0 Å². The minimum atomic E-state index is -1.97. The van der Waals surface area contributed by atoms with Crippen LogP contribution in [0.4, 0.5) is 0 Å². The van der Waals surface area contributed by atoms with Gasteiger partial charge in [-0.05, 0) is 85.4 Å². The molecule has 0 aliphatic rings. The number of rotatable bonds is 7. The Labute approximate surface area is 338 Å². The third-order valence-electron chi connectivity index (χ3n) is 11.1. The van der Waals surface area contributed by atoms with Crippen molar-refractivity contribution in [2.75, 3.05) is 0 Å². The first-order valence-electron chi connectivity index (χ1n) is 19.6. The summed E-state index contributed by atoms with van der Waals surface area (Å²) in [6.07, 6.45) is 0.904. The topological polar surface area (TPSA) is 35.5 Å². The first-order chi connectivity index (χ1) is 28.8. The summed E-state index contributed by atoms with van der Waals surface area (Å²) in [5, 5.41) is 13.8. The Bertz CT molecular complexity index is 3260. The van der Waals surface area contributed by atoms with Crippen LogP contribution < -0.4 is 15.1 Å². The van der Waals surface area contributed by atoms with Gasteiger partial charge in [0.2, 0.25) is 0 Å². The van der Waals surface area contributed by atoms with Crippen molar-refractivity contribution in [3.05, 3.63) is 212 Å². The van der Waals surface area contributed by atoms with Crippen molar-refractivity contribution in [1.82, 2.24) is 0 Å². The molecule has 1 unspecified atom stereocenters. The fourth-order valence-corrected chi connectivity index (χ4v) is 12.0. The van der Waals surface area contributed by atoms with E-state index in [-0.39, 0.29) is 0 Å². The zero-order chi connectivity index (χ0) is 38.4. The molecule has 11 rings (SSSR count). The molecule has 0 aliphatic heterocycles. The van der Waals surface area contributed by atoms with Crippen LogP contribution in [0, 0.1) is 0 Å². The predicted octanol–water partition coefficient (Wildman–Crippen LogP) is 15.0. The second-order valence-electron chi connectivity index (χ2n) is 14.6. The predicted molar refractivity (Wildman–Crippen MR) is 247 cm³/mol. The molecular formula is C53H36O3P2. The van der Waals surface area contributed by atoms with Crippen LogP contribution in [-0.2, 0) is 6.16 Å². The summed E-state index contributed by atoms with van der Waals surface area (Å²) in [6, 6.07) is 73.5. The van der Waals surface area contributed by atoms with E-state index in [1.165, 1.54) is 32.5 Å². The molecule has 0 radical (unpaired) electrons. The standard InChI is InChI=1S/C53H36O3P2/c1-3-15-36(16-4-1)35-57(41-21-5-2-6-22-41)49-34-30-40-20-10-14-26-45(40)53(49)52-44-25-13-9-19-39(44)29-33-48(52)56-58-54-46-31-27-37-17-7-11-23-42(37)50(46)51-43-24-12-8-18-38(43)28-32-47(51)55-58/h1-34H,35H2. The van der Waals surface area contributed by atoms with Gasteiger partial charge in [0.15, 0.2) is 0 Å². The van der Waals surface area contributed by atoms with Gasteiger partial charge in [-0.15, -0.1) is 0 Å². The Hall–Kier alpha value is -6.63. The van der Waals surface area contributed by atoms with Gasteiger partial charge >= 0.3 is 8.24 Å². The van der Waals surface area contributed by atoms with Crippen molar-refractivity contribution in [3.8, 4) is 16.9 Å². The molecule has 5 heteroatoms. The van der Waals surface area contributed by atoms with Crippen LogP contribution in [0.1, 0.15) is 5.56 Å². The minimum Gasteiger partial charge on any atom is -0.390 e. The van der Waals surface area contributed by atoms with Crippen molar-refractivity contribution in [1.29, 1.82) is 0 Å². The summed E-state index contributed by atoms with van der Waals surface area (Å²) in [5.74, 6) is 0.719. The van der Waals surface area contributed by atoms with E-state index in [9.17, 15) is 0 Å². The van der Waals surface area contributed by atoms with Crippen LogP contribution in [0.15, 0.2) is 215 Å². The Balaban J connectivity index is 1.20. The van der Waals surface area contributed by atoms with E-state index in [1.54, 1.807) is 0 Å². The summed E-state index contributed by atoms with van der Waals surface area (Å²) in [6.45, 7) is 0. The zero-order valence-electron chi connectivity index (χ0n) is 31.5. The van der Waals surface area contributed by atoms with Crippen LogP contribution in [-0.4, -0.2) is 0 Å². The first-order valence-corrected chi connectivity index (χ1v) is 22.2. The second kappa shape index (κ2) is 14.7. The highest BCUT2D eigenvalue weighted by Crippen LogP contribution is 2.50. The molecule has 276 valence electrons.